The molecular formula is C15H30N2O9. The maximum absolute atomic E-state index is 9.92. The molecule has 0 bridgehead atoms. The molecule has 0 aromatic heterocycles. The van der Waals surface area contributed by atoms with Gasteiger partial charge >= 0.3 is 11.9 Å². The molecule has 0 aliphatic rings. The third-order valence-corrected chi connectivity index (χ3v) is 0.882. The number of hydrogen-bond acceptors (Lipinski definition) is 7. The molecule has 0 spiro atoms. The second-order valence-corrected chi connectivity index (χ2v) is 4.43. The van der Waals surface area contributed by atoms with Gasteiger partial charge in [0.05, 0.1) is 0 Å². The second kappa shape index (κ2) is 26.9. The van der Waals surface area contributed by atoms with Crippen LogP contribution in [0.4, 0.5) is 0 Å². The minimum Gasteiger partial charge on any atom is -0.481 e. The molecule has 0 aliphatic carbocycles. The fraction of sp³-hybridized carbons (Fsp3) is 0.600. The summed E-state index contributed by atoms with van der Waals surface area (Å²) in [6.45, 7) is 8.17. The molecule has 0 saturated heterocycles. The van der Waals surface area contributed by atoms with Crippen LogP contribution >= 0.6 is 0 Å². The summed E-state index contributed by atoms with van der Waals surface area (Å²) in [4.78, 5) is 57.0. The summed E-state index contributed by atoms with van der Waals surface area (Å²) in [6.07, 6.45) is 1.02. The number of rotatable bonds is 4. The molecule has 154 valence electrons. The van der Waals surface area contributed by atoms with Gasteiger partial charge in [-0.1, -0.05) is 6.92 Å². The number of carboxylic acid groups (broad SMARTS) is 2. The zero-order valence-corrected chi connectivity index (χ0v) is 16.0. The Morgan fingerprint density at radius 3 is 1.15 bits per heavy atom. The predicted octanol–water partition coefficient (Wildman–Crippen LogP) is 0.0837. The molecule has 0 heterocycles. The standard InChI is InChI=1S/C4H7NO3.C4H8O2.C3H6O.C2H5NO.C2H4O2/c1-3(6)8-2-4(5)7;1-2-3-4(5)6;1-3(2)4;2*1-2(3)4/h2H2,1H3,(H2,5,7);2-3H2,1H3,(H,5,6);1-2H3;1H3,(H2,3,4);1H3,(H,3,4). The Morgan fingerprint density at radius 1 is 0.846 bits per heavy atom. The first-order valence-corrected chi connectivity index (χ1v) is 7.16. The van der Waals surface area contributed by atoms with E-state index < -0.39 is 23.8 Å². The Kier molecular flexibility index (Phi) is 35.6. The monoisotopic (exact) mass is 382 g/mol. The van der Waals surface area contributed by atoms with Crippen molar-refractivity contribution in [3.05, 3.63) is 0 Å². The number of primary amides is 2. The van der Waals surface area contributed by atoms with Gasteiger partial charge in [0, 0.05) is 27.2 Å². The number of hydrogen-bond donors (Lipinski definition) is 4. The maximum atomic E-state index is 9.92. The van der Waals surface area contributed by atoms with E-state index in [1.165, 1.54) is 27.7 Å². The lowest BCUT2D eigenvalue weighted by atomic mass is 10.4. The molecule has 0 fully saturated rings. The van der Waals surface area contributed by atoms with Crippen LogP contribution in [-0.2, 0) is 33.5 Å². The Morgan fingerprint density at radius 2 is 1.12 bits per heavy atom. The van der Waals surface area contributed by atoms with Crippen LogP contribution in [0.5, 0.6) is 0 Å². The first kappa shape index (κ1) is 34.4. The molecule has 11 heteroatoms. The van der Waals surface area contributed by atoms with Crippen molar-refractivity contribution in [1.82, 2.24) is 0 Å². The number of ether oxygens (including phenoxy) is 1. The van der Waals surface area contributed by atoms with Crippen LogP contribution in [0.3, 0.4) is 0 Å². The molecule has 0 aromatic carbocycles. The zero-order chi connectivity index (χ0) is 22.3. The van der Waals surface area contributed by atoms with Gasteiger partial charge < -0.3 is 31.2 Å². The minimum atomic E-state index is -0.833. The summed E-state index contributed by atoms with van der Waals surface area (Å²) >= 11 is 0. The lowest BCUT2D eigenvalue weighted by Crippen LogP contribution is -2.19. The molecule has 0 radical (unpaired) electrons. The van der Waals surface area contributed by atoms with Crippen LogP contribution < -0.4 is 11.5 Å². The van der Waals surface area contributed by atoms with E-state index in [4.69, 9.17) is 15.0 Å². The van der Waals surface area contributed by atoms with Crippen molar-refractivity contribution in [2.45, 2.75) is 54.4 Å². The lowest BCUT2D eigenvalue weighted by Gasteiger charge is -1.93. The van der Waals surface area contributed by atoms with Gasteiger partial charge in [0.25, 0.3) is 11.9 Å². The van der Waals surface area contributed by atoms with Crippen molar-refractivity contribution < 1.29 is 43.7 Å². The number of aliphatic carboxylic acids is 2. The van der Waals surface area contributed by atoms with E-state index >= 15 is 0 Å². The lowest BCUT2D eigenvalue weighted by molar-refractivity contribution is -0.145. The average molecular weight is 382 g/mol. The van der Waals surface area contributed by atoms with Gasteiger partial charge in [-0.05, 0) is 20.3 Å². The predicted molar refractivity (Wildman–Crippen MR) is 92.9 cm³/mol. The fourth-order valence-corrected chi connectivity index (χ4v) is 0.387. The molecule has 0 aliphatic heterocycles. The number of carbonyl (C=O) groups excluding carboxylic acids is 4. The summed E-state index contributed by atoms with van der Waals surface area (Å²) < 4.78 is 4.19. The largest absolute Gasteiger partial charge is 0.481 e. The molecule has 0 unspecified atom stereocenters. The summed E-state index contributed by atoms with van der Waals surface area (Å²) in [6, 6.07) is 0. The first-order chi connectivity index (χ1) is 11.6. The number of esters is 1. The normalized spacial score (nSPS) is 7.31. The number of nitrogens with two attached hydrogens (primary N) is 2. The Balaban J connectivity index is -0.0000000734. The van der Waals surface area contributed by atoms with E-state index in [0.29, 0.717) is 6.42 Å². The van der Waals surface area contributed by atoms with Gasteiger partial charge in [-0.2, -0.15) is 0 Å². The molecule has 26 heavy (non-hydrogen) atoms. The van der Waals surface area contributed by atoms with Crippen LogP contribution in [0.15, 0.2) is 0 Å². The van der Waals surface area contributed by atoms with Gasteiger partial charge in [0.1, 0.15) is 5.78 Å². The second-order valence-electron chi connectivity index (χ2n) is 4.43. The number of ketones is 1. The summed E-state index contributed by atoms with van der Waals surface area (Å²) in [5.74, 6) is -2.85. The fourth-order valence-electron chi connectivity index (χ4n) is 0.387. The van der Waals surface area contributed by atoms with Crippen LogP contribution in [-0.4, -0.2) is 52.3 Å². The highest BCUT2D eigenvalue weighted by atomic mass is 16.5. The van der Waals surface area contributed by atoms with Crippen molar-refractivity contribution in [2.24, 2.45) is 11.5 Å². The molecular weight excluding hydrogens is 352 g/mol. The van der Waals surface area contributed by atoms with Gasteiger partial charge in [-0.25, -0.2) is 0 Å². The minimum absolute atomic E-state index is 0.167. The van der Waals surface area contributed by atoms with Gasteiger partial charge in [-0.3, -0.25) is 24.0 Å². The van der Waals surface area contributed by atoms with Crippen LogP contribution in [0, 0.1) is 0 Å². The topological polar surface area (TPSA) is 204 Å². The maximum Gasteiger partial charge on any atom is 0.303 e. The molecule has 2 amide bonds. The molecule has 0 rings (SSSR count). The van der Waals surface area contributed by atoms with Gasteiger partial charge in [-0.15, -0.1) is 0 Å². The van der Waals surface area contributed by atoms with Crippen molar-refractivity contribution in [2.75, 3.05) is 6.61 Å². The zero-order valence-electron chi connectivity index (χ0n) is 16.0. The summed E-state index contributed by atoms with van der Waals surface area (Å²) in [7, 11) is 0. The van der Waals surface area contributed by atoms with Crippen LogP contribution in [0.2, 0.25) is 0 Å². The van der Waals surface area contributed by atoms with E-state index in [-0.39, 0.29) is 18.3 Å². The quantitative estimate of drug-likeness (QED) is 0.485. The molecule has 11 nitrogen and oxygen atoms in total. The van der Waals surface area contributed by atoms with E-state index in [1.54, 1.807) is 0 Å². The molecule has 0 saturated carbocycles. The summed E-state index contributed by atoms with van der Waals surface area (Å²) in [5, 5.41) is 15.3. The number of carboxylic acids is 2. The molecule has 6 N–H and O–H groups in total. The molecule has 0 atom stereocenters. The van der Waals surface area contributed by atoms with E-state index in [0.717, 1.165) is 13.3 Å². The average Bonchev–Trinajstić information content (AvgIpc) is 2.34. The Hall–Kier alpha value is -2.98. The Labute approximate surface area is 152 Å². The smallest absolute Gasteiger partial charge is 0.303 e. The van der Waals surface area contributed by atoms with Crippen molar-refractivity contribution >= 4 is 35.5 Å². The SMILES string of the molecule is CC(=O)O.CC(=O)OCC(N)=O.CC(C)=O.CC(N)=O.CCCC(=O)O. The first-order valence-electron chi connectivity index (χ1n) is 7.16. The van der Waals surface area contributed by atoms with Crippen molar-refractivity contribution in [3.8, 4) is 0 Å². The van der Waals surface area contributed by atoms with E-state index in [1.807, 2.05) is 6.92 Å². The number of carbonyl (C=O) groups is 6. The third-order valence-electron chi connectivity index (χ3n) is 0.882. The van der Waals surface area contributed by atoms with E-state index in [9.17, 15) is 24.0 Å². The highest BCUT2D eigenvalue weighted by Crippen LogP contribution is 1.82. The van der Waals surface area contributed by atoms with Crippen molar-refractivity contribution in [3.63, 3.8) is 0 Å². The highest BCUT2D eigenvalue weighted by molar-refractivity contribution is 5.78. The third kappa shape index (κ3) is 334. The van der Waals surface area contributed by atoms with E-state index in [2.05, 4.69) is 16.2 Å². The molecule has 0 aromatic rings. The van der Waals surface area contributed by atoms with Crippen LogP contribution in [0.1, 0.15) is 54.4 Å². The summed E-state index contributed by atoms with van der Waals surface area (Å²) in [5.41, 5.74) is 9.10. The highest BCUT2D eigenvalue weighted by Gasteiger charge is 1.94. The number of Topliss-reactive ketones (excluding diaryl/α,β-unsaturated/α-hetero) is 1. The Bertz CT molecular complexity index is 380. The van der Waals surface area contributed by atoms with Gasteiger partial charge in [0.15, 0.2) is 6.61 Å². The number of amides is 2. The van der Waals surface area contributed by atoms with Gasteiger partial charge in [0.2, 0.25) is 5.91 Å². The van der Waals surface area contributed by atoms with Crippen molar-refractivity contribution in [1.29, 1.82) is 0 Å². The van der Waals surface area contributed by atoms with Crippen LogP contribution in [0.25, 0.3) is 0 Å².